The van der Waals surface area contributed by atoms with Crippen LogP contribution in [0.5, 0.6) is 5.75 Å². The summed E-state index contributed by atoms with van der Waals surface area (Å²) < 4.78 is 5.30. The zero-order valence-electron chi connectivity index (χ0n) is 11.1. The van der Waals surface area contributed by atoms with E-state index in [1.807, 2.05) is 6.07 Å². The third-order valence-electron chi connectivity index (χ3n) is 2.66. The molecule has 0 aliphatic carbocycles. The van der Waals surface area contributed by atoms with E-state index in [2.05, 4.69) is 5.32 Å². The molecule has 0 saturated heterocycles. The van der Waals surface area contributed by atoms with Crippen LogP contribution in [0.4, 0.5) is 5.69 Å². The van der Waals surface area contributed by atoms with Crippen molar-refractivity contribution in [2.24, 2.45) is 0 Å². The van der Waals surface area contributed by atoms with Gasteiger partial charge in [-0.1, -0.05) is 12.1 Å². The van der Waals surface area contributed by atoms with Gasteiger partial charge < -0.3 is 10.1 Å². The molecule has 0 spiro atoms. The molecule has 0 unspecified atom stereocenters. The van der Waals surface area contributed by atoms with Crippen LogP contribution in [0, 0.1) is 11.3 Å². The average Bonchev–Trinajstić information content (AvgIpc) is 2.54. The van der Waals surface area contributed by atoms with Crippen LogP contribution in [0.25, 0.3) is 0 Å². The van der Waals surface area contributed by atoms with Crippen LogP contribution in [0.15, 0.2) is 48.5 Å². The predicted molar refractivity (Wildman–Crippen MR) is 77.1 cm³/mol. The van der Waals surface area contributed by atoms with E-state index < -0.39 is 0 Å². The fourth-order valence-corrected chi connectivity index (χ4v) is 1.65. The Morgan fingerprint density at radius 3 is 2.67 bits per heavy atom. The molecule has 0 aliphatic heterocycles. The van der Waals surface area contributed by atoms with E-state index in [1.54, 1.807) is 48.5 Å². The Morgan fingerprint density at radius 1 is 1.24 bits per heavy atom. The molecular formula is C16H12N2O3. The SMILES string of the molecule is N#Cc1ccc(NC(=O)COc2cccc(C=O)c2)cc1. The molecule has 2 aromatic rings. The number of hydrogen-bond acceptors (Lipinski definition) is 4. The molecule has 0 saturated carbocycles. The normalized spacial score (nSPS) is 9.48. The Labute approximate surface area is 121 Å². The van der Waals surface area contributed by atoms with E-state index in [4.69, 9.17) is 10.00 Å². The van der Waals surface area contributed by atoms with Crippen molar-refractivity contribution < 1.29 is 14.3 Å². The zero-order chi connectivity index (χ0) is 15.1. The van der Waals surface area contributed by atoms with E-state index in [9.17, 15) is 9.59 Å². The minimum atomic E-state index is -0.323. The summed E-state index contributed by atoms with van der Waals surface area (Å²) >= 11 is 0. The van der Waals surface area contributed by atoms with Crippen molar-refractivity contribution in [1.82, 2.24) is 0 Å². The van der Waals surface area contributed by atoms with E-state index in [-0.39, 0.29) is 12.5 Å². The summed E-state index contributed by atoms with van der Waals surface area (Å²) in [6.07, 6.45) is 0.712. The van der Waals surface area contributed by atoms with Crippen LogP contribution < -0.4 is 10.1 Å². The van der Waals surface area contributed by atoms with Crippen LogP contribution >= 0.6 is 0 Å². The summed E-state index contributed by atoms with van der Waals surface area (Å²) in [6.45, 7) is -0.164. The van der Waals surface area contributed by atoms with E-state index >= 15 is 0 Å². The first-order valence-electron chi connectivity index (χ1n) is 6.19. The smallest absolute Gasteiger partial charge is 0.262 e. The second kappa shape index (κ2) is 6.87. The molecule has 0 radical (unpaired) electrons. The predicted octanol–water partition coefficient (Wildman–Crippen LogP) is 2.39. The Morgan fingerprint density at radius 2 is 2.00 bits per heavy atom. The number of rotatable bonds is 5. The fourth-order valence-electron chi connectivity index (χ4n) is 1.65. The summed E-state index contributed by atoms with van der Waals surface area (Å²) in [5.41, 5.74) is 1.60. The van der Waals surface area contributed by atoms with Crippen LogP contribution in [0.2, 0.25) is 0 Å². The second-order valence-corrected chi connectivity index (χ2v) is 4.22. The maximum absolute atomic E-state index is 11.7. The van der Waals surface area contributed by atoms with Crippen molar-refractivity contribution in [2.45, 2.75) is 0 Å². The number of nitrogens with one attached hydrogen (secondary N) is 1. The number of aldehydes is 1. The van der Waals surface area contributed by atoms with Gasteiger partial charge in [-0.25, -0.2) is 0 Å². The van der Waals surface area contributed by atoms with Gasteiger partial charge in [0.1, 0.15) is 12.0 Å². The Balaban J connectivity index is 1.89. The first-order chi connectivity index (χ1) is 10.2. The van der Waals surface area contributed by atoms with E-state index in [1.165, 1.54) is 0 Å². The van der Waals surface area contributed by atoms with E-state index in [0.717, 1.165) is 0 Å². The lowest BCUT2D eigenvalue weighted by atomic mass is 10.2. The van der Waals surface area contributed by atoms with Crippen molar-refractivity contribution >= 4 is 17.9 Å². The van der Waals surface area contributed by atoms with Gasteiger partial charge in [-0.3, -0.25) is 9.59 Å². The molecular weight excluding hydrogens is 268 g/mol. The van der Waals surface area contributed by atoms with Crippen LogP contribution in [-0.2, 0) is 4.79 Å². The Kier molecular flexibility index (Phi) is 4.67. The average molecular weight is 280 g/mol. The van der Waals surface area contributed by atoms with Gasteiger partial charge in [-0.05, 0) is 36.4 Å². The molecule has 2 rings (SSSR count). The molecule has 2 aromatic carbocycles. The molecule has 1 amide bonds. The highest BCUT2D eigenvalue weighted by Crippen LogP contribution is 2.12. The number of amides is 1. The Bertz CT molecular complexity index is 687. The molecule has 0 aromatic heterocycles. The van der Waals surface area contributed by atoms with Crippen molar-refractivity contribution in [2.75, 3.05) is 11.9 Å². The number of hydrogen-bond donors (Lipinski definition) is 1. The van der Waals surface area contributed by atoms with Gasteiger partial charge >= 0.3 is 0 Å². The molecule has 1 N–H and O–H groups in total. The number of benzene rings is 2. The van der Waals surface area contributed by atoms with Crippen molar-refractivity contribution in [3.05, 3.63) is 59.7 Å². The highest BCUT2D eigenvalue weighted by molar-refractivity contribution is 5.91. The molecule has 0 fully saturated rings. The number of nitriles is 1. The molecule has 0 aliphatic rings. The topological polar surface area (TPSA) is 79.2 Å². The van der Waals surface area contributed by atoms with Gasteiger partial charge in [0, 0.05) is 11.3 Å². The van der Waals surface area contributed by atoms with Gasteiger partial charge in [0.15, 0.2) is 6.61 Å². The zero-order valence-corrected chi connectivity index (χ0v) is 11.1. The van der Waals surface area contributed by atoms with Crippen molar-refractivity contribution in [3.8, 4) is 11.8 Å². The van der Waals surface area contributed by atoms with Crippen LogP contribution in [0.3, 0.4) is 0 Å². The first kappa shape index (κ1) is 14.3. The van der Waals surface area contributed by atoms with Crippen LogP contribution in [0.1, 0.15) is 15.9 Å². The first-order valence-corrected chi connectivity index (χ1v) is 6.19. The molecule has 5 nitrogen and oxygen atoms in total. The fraction of sp³-hybridized carbons (Fsp3) is 0.0625. The lowest BCUT2D eigenvalue weighted by Crippen LogP contribution is -2.20. The van der Waals surface area contributed by atoms with Gasteiger partial charge in [0.05, 0.1) is 11.6 Å². The quantitative estimate of drug-likeness (QED) is 0.853. The third kappa shape index (κ3) is 4.18. The second-order valence-electron chi connectivity index (χ2n) is 4.22. The maximum atomic E-state index is 11.7. The lowest BCUT2D eigenvalue weighted by Gasteiger charge is -2.07. The van der Waals surface area contributed by atoms with E-state index in [0.29, 0.717) is 28.8 Å². The number of carbonyl (C=O) groups excluding carboxylic acids is 2. The third-order valence-corrected chi connectivity index (χ3v) is 2.66. The van der Waals surface area contributed by atoms with Gasteiger partial charge in [0.2, 0.25) is 0 Å². The monoisotopic (exact) mass is 280 g/mol. The highest BCUT2D eigenvalue weighted by Gasteiger charge is 2.04. The number of carbonyl (C=O) groups is 2. The molecule has 5 heteroatoms. The van der Waals surface area contributed by atoms with Crippen molar-refractivity contribution in [1.29, 1.82) is 5.26 Å². The largest absolute Gasteiger partial charge is 0.484 e. The standard InChI is InChI=1S/C16H12N2O3/c17-9-12-4-6-14(7-5-12)18-16(20)11-21-15-3-1-2-13(8-15)10-19/h1-8,10H,11H2,(H,18,20). The summed E-state index contributed by atoms with van der Waals surface area (Å²) in [7, 11) is 0. The molecule has 104 valence electrons. The highest BCUT2D eigenvalue weighted by atomic mass is 16.5. The number of ether oxygens (including phenoxy) is 1. The number of anilines is 1. The summed E-state index contributed by atoms with van der Waals surface area (Å²) in [5.74, 6) is 0.130. The number of nitrogens with zero attached hydrogens (tertiary/aromatic N) is 1. The lowest BCUT2D eigenvalue weighted by molar-refractivity contribution is -0.118. The van der Waals surface area contributed by atoms with Gasteiger partial charge in [-0.15, -0.1) is 0 Å². The minimum absolute atomic E-state index is 0.164. The Hall–Kier alpha value is -3.13. The summed E-state index contributed by atoms with van der Waals surface area (Å²) in [5, 5.41) is 11.3. The molecule has 0 bridgehead atoms. The van der Waals surface area contributed by atoms with Crippen LogP contribution in [-0.4, -0.2) is 18.8 Å². The molecule has 0 heterocycles. The molecule has 0 atom stereocenters. The van der Waals surface area contributed by atoms with Gasteiger partial charge in [0.25, 0.3) is 5.91 Å². The summed E-state index contributed by atoms with van der Waals surface area (Å²) in [6, 6.07) is 15.1. The maximum Gasteiger partial charge on any atom is 0.262 e. The van der Waals surface area contributed by atoms with Gasteiger partial charge in [-0.2, -0.15) is 5.26 Å². The minimum Gasteiger partial charge on any atom is -0.484 e. The molecule has 21 heavy (non-hydrogen) atoms. The van der Waals surface area contributed by atoms with Crippen molar-refractivity contribution in [3.63, 3.8) is 0 Å². The summed E-state index contributed by atoms with van der Waals surface area (Å²) in [4.78, 5) is 22.4.